The second-order valence-electron chi connectivity index (χ2n) is 8.39. The van der Waals surface area contributed by atoms with Crippen LogP contribution in [0.3, 0.4) is 0 Å². The summed E-state index contributed by atoms with van der Waals surface area (Å²) >= 11 is 0. The zero-order chi connectivity index (χ0) is 18.6. The van der Waals surface area contributed by atoms with Crippen LogP contribution in [0.2, 0.25) is 0 Å². The SMILES string of the molecule is CN(Cc1cn(C)nc1-c1ccc(C2CCCCC2)cc1)C1CCOCC1. The van der Waals surface area contributed by atoms with Crippen LogP contribution in [0, 0.1) is 0 Å². The molecule has 1 saturated carbocycles. The lowest BCUT2D eigenvalue weighted by Crippen LogP contribution is -2.36. The third-order valence-electron chi connectivity index (χ3n) is 6.40. The van der Waals surface area contributed by atoms with Crippen molar-refractivity contribution in [3.63, 3.8) is 0 Å². The van der Waals surface area contributed by atoms with Gasteiger partial charge in [0.05, 0.1) is 5.69 Å². The topological polar surface area (TPSA) is 30.3 Å². The van der Waals surface area contributed by atoms with Crippen LogP contribution in [0.1, 0.15) is 62.0 Å². The van der Waals surface area contributed by atoms with Crippen LogP contribution in [-0.2, 0) is 18.3 Å². The lowest BCUT2D eigenvalue weighted by Gasteiger charge is -2.31. The smallest absolute Gasteiger partial charge is 0.0968 e. The zero-order valence-corrected chi connectivity index (χ0v) is 16.9. The van der Waals surface area contributed by atoms with Gasteiger partial charge >= 0.3 is 0 Å². The van der Waals surface area contributed by atoms with E-state index in [-0.39, 0.29) is 0 Å². The van der Waals surface area contributed by atoms with Gasteiger partial charge in [-0.2, -0.15) is 5.10 Å². The number of hydrogen-bond acceptors (Lipinski definition) is 3. The molecular weight excluding hydrogens is 334 g/mol. The highest BCUT2D eigenvalue weighted by atomic mass is 16.5. The van der Waals surface area contributed by atoms with E-state index in [0.29, 0.717) is 6.04 Å². The summed E-state index contributed by atoms with van der Waals surface area (Å²) in [5, 5.41) is 4.79. The third kappa shape index (κ3) is 4.44. The molecule has 1 aromatic carbocycles. The largest absolute Gasteiger partial charge is 0.381 e. The predicted octanol–water partition coefficient (Wildman–Crippen LogP) is 4.75. The van der Waals surface area contributed by atoms with Gasteiger partial charge in [-0.15, -0.1) is 0 Å². The number of ether oxygens (including phenoxy) is 1. The van der Waals surface area contributed by atoms with Gasteiger partial charge in [-0.3, -0.25) is 9.58 Å². The Balaban J connectivity index is 1.50. The molecule has 4 nitrogen and oxygen atoms in total. The average Bonchev–Trinajstić information content (AvgIpc) is 3.09. The summed E-state index contributed by atoms with van der Waals surface area (Å²) in [6.45, 7) is 2.72. The first-order chi connectivity index (χ1) is 13.2. The van der Waals surface area contributed by atoms with Crippen LogP contribution < -0.4 is 0 Å². The number of aryl methyl sites for hydroxylation is 1. The monoisotopic (exact) mass is 367 g/mol. The van der Waals surface area contributed by atoms with E-state index in [1.165, 1.54) is 48.8 Å². The molecule has 0 N–H and O–H groups in total. The van der Waals surface area contributed by atoms with E-state index < -0.39 is 0 Å². The number of aromatic nitrogens is 2. The predicted molar refractivity (Wildman–Crippen MR) is 110 cm³/mol. The Kier molecular flexibility index (Phi) is 5.94. The van der Waals surface area contributed by atoms with E-state index in [0.717, 1.165) is 44.2 Å². The van der Waals surface area contributed by atoms with Gasteiger partial charge in [-0.25, -0.2) is 0 Å². The first-order valence-electron chi connectivity index (χ1n) is 10.6. The van der Waals surface area contributed by atoms with Crippen LogP contribution in [0.15, 0.2) is 30.5 Å². The van der Waals surface area contributed by atoms with Gasteiger partial charge in [0, 0.05) is 50.2 Å². The molecular formula is C23H33N3O. The van der Waals surface area contributed by atoms with Crippen molar-refractivity contribution in [2.75, 3.05) is 20.3 Å². The van der Waals surface area contributed by atoms with E-state index in [9.17, 15) is 0 Å². The summed E-state index contributed by atoms with van der Waals surface area (Å²) in [7, 11) is 4.26. The second-order valence-corrected chi connectivity index (χ2v) is 8.39. The molecule has 1 aliphatic carbocycles. The van der Waals surface area contributed by atoms with E-state index >= 15 is 0 Å². The maximum absolute atomic E-state index is 5.52. The van der Waals surface area contributed by atoms with E-state index in [4.69, 9.17) is 9.84 Å². The Morgan fingerprint density at radius 2 is 1.74 bits per heavy atom. The highest BCUT2D eigenvalue weighted by Crippen LogP contribution is 2.34. The summed E-state index contributed by atoms with van der Waals surface area (Å²) in [5.74, 6) is 0.760. The summed E-state index contributed by atoms with van der Waals surface area (Å²) in [6.07, 6.45) is 11.3. The van der Waals surface area contributed by atoms with Crippen molar-refractivity contribution in [1.29, 1.82) is 0 Å². The first kappa shape index (κ1) is 18.7. The number of benzene rings is 1. The first-order valence-corrected chi connectivity index (χ1v) is 10.6. The van der Waals surface area contributed by atoms with Crippen LogP contribution >= 0.6 is 0 Å². The molecule has 146 valence electrons. The minimum Gasteiger partial charge on any atom is -0.381 e. The second kappa shape index (κ2) is 8.57. The molecule has 2 fully saturated rings. The quantitative estimate of drug-likeness (QED) is 0.764. The van der Waals surface area contributed by atoms with Gasteiger partial charge in [0.2, 0.25) is 0 Å². The normalized spacial score (nSPS) is 19.7. The van der Waals surface area contributed by atoms with Crippen LogP contribution in [-0.4, -0.2) is 41.0 Å². The standard InChI is InChI=1S/C23H33N3O/c1-25(22-12-14-27-15-13-22)16-21-17-26(2)24-23(21)20-10-8-19(9-11-20)18-6-4-3-5-7-18/h8-11,17-18,22H,3-7,12-16H2,1-2H3. The van der Waals surface area contributed by atoms with Crippen molar-refractivity contribution >= 4 is 0 Å². The molecule has 0 bridgehead atoms. The van der Waals surface area contributed by atoms with E-state index in [1.807, 2.05) is 11.7 Å². The van der Waals surface area contributed by atoms with E-state index in [2.05, 4.69) is 42.4 Å². The molecule has 2 aliphatic rings. The van der Waals surface area contributed by atoms with Gasteiger partial charge in [-0.05, 0) is 44.2 Å². The molecule has 2 aromatic rings. The lowest BCUT2D eigenvalue weighted by atomic mass is 9.84. The van der Waals surface area contributed by atoms with Gasteiger partial charge in [0.1, 0.15) is 0 Å². The minimum atomic E-state index is 0.612. The molecule has 0 radical (unpaired) electrons. The molecule has 0 amide bonds. The highest BCUT2D eigenvalue weighted by molar-refractivity contribution is 5.63. The van der Waals surface area contributed by atoms with Gasteiger partial charge in [0.15, 0.2) is 0 Å². The molecule has 1 aromatic heterocycles. The van der Waals surface area contributed by atoms with Crippen LogP contribution in [0.4, 0.5) is 0 Å². The number of rotatable bonds is 5. The summed E-state index contributed by atoms with van der Waals surface area (Å²) in [6, 6.07) is 9.85. The van der Waals surface area contributed by atoms with Crippen molar-refractivity contribution < 1.29 is 4.74 Å². The highest BCUT2D eigenvalue weighted by Gasteiger charge is 2.21. The molecule has 1 saturated heterocycles. The molecule has 0 atom stereocenters. The minimum absolute atomic E-state index is 0.612. The van der Waals surface area contributed by atoms with Gasteiger partial charge in [-0.1, -0.05) is 43.5 Å². The Morgan fingerprint density at radius 1 is 1.04 bits per heavy atom. The van der Waals surface area contributed by atoms with Crippen molar-refractivity contribution in [1.82, 2.24) is 14.7 Å². The van der Waals surface area contributed by atoms with Crippen molar-refractivity contribution in [2.24, 2.45) is 7.05 Å². The Labute approximate surface area is 163 Å². The fourth-order valence-corrected chi connectivity index (χ4v) is 4.77. The Morgan fingerprint density at radius 3 is 2.44 bits per heavy atom. The third-order valence-corrected chi connectivity index (χ3v) is 6.40. The van der Waals surface area contributed by atoms with Crippen molar-refractivity contribution in [3.8, 4) is 11.3 Å². The fraction of sp³-hybridized carbons (Fsp3) is 0.609. The number of hydrogen-bond donors (Lipinski definition) is 0. The summed E-state index contributed by atoms with van der Waals surface area (Å²) < 4.78 is 7.47. The average molecular weight is 368 g/mol. The fourth-order valence-electron chi connectivity index (χ4n) is 4.77. The van der Waals surface area contributed by atoms with Gasteiger partial charge < -0.3 is 4.74 Å². The summed E-state index contributed by atoms with van der Waals surface area (Å²) in [4.78, 5) is 2.47. The molecule has 0 unspecified atom stereocenters. The Bertz CT molecular complexity index is 725. The van der Waals surface area contributed by atoms with E-state index in [1.54, 1.807) is 0 Å². The summed E-state index contributed by atoms with van der Waals surface area (Å²) in [5.41, 5.74) is 5.20. The molecule has 2 heterocycles. The molecule has 4 rings (SSSR count). The maximum Gasteiger partial charge on any atom is 0.0968 e. The molecule has 1 aliphatic heterocycles. The number of nitrogens with zero attached hydrogens (tertiary/aromatic N) is 3. The maximum atomic E-state index is 5.52. The Hall–Kier alpha value is -1.65. The lowest BCUT2D eigenvalue weighted by molar-refractivity contribution is 0.0407. The van der Waals surface area contributed by atoms with Gasteiger partial charge in [0.25, 0.3) is 0 Å². The zero-order valence-electron chi connectivity index (χ0n) is 16.9. The van der Waals surface area contributed by atoms with Crippen molar-refractivity contribution in [2.45, 2.75) is 63.5 Å². The molecule has 4 heteroatoms. The van der Waals surface area contributed by atoms with Crippen LogP contribution in [0.5, 0.6) is 0 Å². The van der Waals surface area contributed by atoms with Crippen molar-refractivity contribution in [3.05, 3.63) is 41.6 Å². The van der Waals surface area contributed by atoms with Crippen LogP contribution in [0.25, 0.3) is 11.3 Å². The molecule has 27 heavy (non-hydrogen) atoms. The molecule has 0 spiro atoms.